The van der Waals surface area contributed by atoms with Gasteiger partial charge in [-0.05, 0) is 37.7 Å². The number of thiophene rings is 1. The van der Waals surface area contributed by atoms with Crippen LogP contribution in [0.3, 0.4) is 0 Å². The van der Waals surface area contributed by atoms with Gasteiger partial charge >= 0.3 is 0 Å². The molecule has 24 heavy (non-hydrogen) atoms. The first kappa shape index (κ1) is 15.7. The number of anilines is 4. The van der Waals surface area contributed by atoms with Crippen molar-refractivity contribution in [3.63, 3.8) is 0 Å². The van der Waals surface area contributed by atoms with E-state index in [9.17, 15) is 0 Å². The van der Waals surface area contributed by atoms with Crippen molar-refractivity contribution >= 4 is 33.4 Å². The molecule has 4 rings (SSSR count). The first-order chi connectivity index (χ1) is 11.7. The van der Waals surface area contributed by atoms with Gasteiger partial charge in [0.05, 0.1) is 11.4 Å². The summed E-state index contributed by atoms with van der Waals surface area (Å²) >= 11 is 1.92. The maximum Gasteiger partial charge on any atom is 0.116 e. The average molecular weight is 344 g/mol. The Morgan fingerprint density at radius 2 is 1.96 bits per heavy atom. The van der Waals surface area contributed by atoms with E-state index in [0.717, 1.165) is 50.5 Å². The number of piperazine rings is 1. The van der Waals surface area contributed by atoms with Crippen LogP contribution >= 0.6 is 11.3 Å². The minimum Gasteiger partial charge on any atom is -0.399 e. The van der Waals surface area contributed by atoms with Crippen LogP contribution in [0.25, 0.3) is 0 Å². The Balaban J connectivity index is 1.80. The fourth-order valence-electron chi connectivity index (χ4n) is 3.41. The molecular formula is C18H25N5S. The van der Waals surface area contributed by atoms with Crippen molar-refractivity contribution in [2.24, 2.45) is 0 Å². The van der Waals surface area contributed by atoms with Crippen molar-refractivity contribution in [1.29, 1.82) is 0 Å². The SMILES string of the molecule is CCc1cc2c(s1)N(N1CCN(C)CC1)c1ccc(N)cc1NC2. The molecule has 1 aromatic heterocycles. The summed E-state index contributed by atoms with van der Waals surface area (Å²) in [7, 11) is 2.20. The van der Waals surface area contributed by atoms with Gasteiger partial charge in [-0.25, -0.2) is 5.01 Å². The zero-order chi connectivity index (χ0) is 16.7. The Morgan fingerprint density at radius 1 is 1.17 bits per heavy atom. The number of nitrogens with two attached hydrogens (primary N) is 1. The lowest BCUT2D eigenvalue weighted by molar-refractivity contribution is 0.155. The number of nitrogens with one attached hydrogen (secondary N) is 1. The molecule has 2 aromatic rings. The van der Waals surface area contributed by atoms with Crippen molar-refractivity contribution < 1.29 is 0 Å². The van der Waals surface area contributed by atoms with Crippen molar-refractivity contribution in [1.82, 2.24) is 9.91 Å². The summed E-state index contributed by atoms with van der Waals surface area (Å²) in [6.45, 7) is 7.35. The molecule has 6 heteroatoms. The number of hydrogen-bond donors (Lipinski definition) is 2. The van der Waals surface area contributed by atoms with E-state index in [1.165, 1.54) is 21.1 Å². The molecule has 0 radical (unpaired) electrons. The highest BCUT2D eigenvalue weighted by atomic mass is 32.1. The minimum atomic E-state index is 0.805. The monoisotopic (exact) mass is 343 g/mol. The number of hydrogen-bond acceptors (Lipinski definition) is 6. The van der Waals surface area contributed by atoms with E-state index in [-0.39, 0.29) is 0 Å². The topological polar surface area (TPSA) is 47.8 Å². The Kier molecular flexibility index (Phi) is 4.12. The van der Waals surface area contributed by atoms with E-state index in [0.29, 0.717) is 0 Å². The summed E-state index contributed by atoms with van der Waals surface area (Å²) < 4.78 is 0. The zero-order valence-corrected chi connectivity index (χ0v) is 15.2. The molecule has 0 bridgehead atoms. The minimum absolute atomic E-state index is 0.805. The Morgan fingerprint density at radius 3 is 2.71 bits per heavy atom. The van der Waals surface area contributed by atoms with Crippen molar-refractivity contribution in [2.75, 3.05) is 49.3 Å². The second-order valence-electron chi connectivity index (χ2n) is 6.60. The highest BCUT2D eigenvalue weighted by Gasteiger charge is 2.29. The summed E-state index contributed by atoms with van der Waals surface area (Å²) in [4.78, 5) is 3.84. The maximum atomic E-state index is 6.02. The third-order valence-electron chi connectivity index (χ3n) is 4.86. The summed E-state index contributed by atoms with van der Waals surface area (Å²) in [6, 6.07) is 8.56. The maximum absolute atomic E-state index is 6.02. The van der Waals surface area contributed by atoms with Crippen molar-refractivity contribution in [3.8, 4) is 0 Å². The van der Waals surface area contributed by atoms with Crippen LogP contribution in [0.4, 0.5) is 22.1 Å². The Hall–Kier alpha value is -1.76. The van der Waals surface area contributed by atoms with Gasteiger partial charge in [0.2, 0.25) is 0 Å². The van der Waals surface area contributed by atoms with E-state index in [1.807, 2.05) is 17.4 Å². The van der Waals surface area contributed by atoms with Crippen LogP contribution in [0.15, 0.2) is 24.3 Å². The fraction of sp³-hybridized carbons (Fsp3) is 0.444. The molecule has 3 N–H and O–H groups in total. The molecule has 1 aromatic carbocycles. The molecule has 3 heterocycles. The quantitative estimate of drug-likeness (QED) is 0.821. The Labute approximate surface area is 147 Å². The summed E-state index contributed by atoms with van der Waals surface area (Å²) in [5.41, 5.74) is 10.5. The van der Waals surface area contributed by atoms with Gasteiger partial charge in [-0.2, -0.15) is 0 Å². The van der Waals surface area contributed by atoms with Crippen molar-refractivity contribution in [3.05, 3.63) is 34.7 Å². The van der Waals surface area contributed by atoms with Crippen LogP contribution in [0.5, 0.6) is 0 Å². The lowest BCUT2D eigenvalue weighted by Crippen LogP contribution is -2.51. The summed E-state index contributed by atoms with van der Waals surface area (Å²) in [5, 5.41) is 9.85. The molecule has 0 saturated carbocycles. The van der Waals surface area contributed by atoms with Crippen molar-refractivity contribution in [2.45, 2.75) is 19.9 Å². The fourth-order valence-corrected chi connectivity index (χ4v) is 4.57. The third-order valence-corrected chi connectivity index (χ3v) is 6.16. The zero-order valence-electron chi connectivity index (χ0n) is 14.4. The smallest absolute Gasteiger partial charge is 0.116 e. The number of likely N-dealkylation sites (N-methyl/N-ethyl adjacent to an activating group) is 1. The molecular weight excluding hydrogens is 318 g/mol. The highest BCUT2D eigenvalue weighted by Crippen LogP contribution is 2.44. The molecule has 0 aliphatic carbocycles. The molecule has 2 aliphatic heterocycles. The van der Waals surface area contributed by atoms with E-state index in [1.54, 1.807) is 0 Å². The first-order valence-corrected chi connectivity index (χ1v) is 9.46. The Bertz CT molecular complexity index is 733. The molecule has 0 spiro atoms. The number of benzene rings is 1. The molecule has 1 saturated heterocycles. The van der Waals surface area contributed by atoms with Gasteiger partial charge < -0.3 is 16.0 Å². The third kappa shape index (κ3) is 2.75. The number of aryl methyl sites for hydroxylation is 1. The first-order valence-electron chi connectivity index (χ1n) is 8.64. The number of fused-ring (bicyclic) bond motifs is 2. The van der Waals surface area contributed by atoms with E-state index < -0.39 is 0 Å². The number of rotatable bonds is 2. The van der Waals surface area contributed by atoms with Gasteiger partial charge in [-0.3, -0.25) is 5.01 Å². The highest BCUT2D eigenvalue weighted by molar-refractivity contribution is 7.16. The van der Waals surface area contributed by atoms with Gasteiger partial charge in [-0.15, -0.1) is 11.3 Å². The van der Waals surface area contributed by atoms with Gasteiger partial charge in [0.25, 0.3) is 0 Å². The lowest BCUT2D eigenvalue weighted by atomic mass is 10.2. The standard InChI is InChI=1S/C18H25N5S/c1-3-15-10-13-12-20-16-11-14(19)4-5-17(16)23(18(13)24-15)22-8-6-21(2)7-9-22/h4-5,10-11,20H,3,6-9,12,19H2,1-2H3. The van der Waals surface area contributed by atoms with Crippen LogP contribution in [-0.2, 0) is 13.0 Å². The second-order valence-corrected chi connectivity index (χ2v) is 7.71. The predicted molar refractivity (Wildman–Crippen MR) is 103 cm³/mol. The van der Waals surface area contributed by atoms with E-state index >= 15 is 0 Å². The van der Waals surface area contributed by atoms with Crippen LogP contribution in [-0.4, -0.2) is 43.1 Å². The molecule has 0 atom stereocenters. The van der Waals surface area contributed by atoms with Gasteiger partial charge in [-0.1, -0.05) is 6.92 Å². The van der Waals surface area contributed by atoms with E-state index in [2.05, 4.69) is 52.4 Å². The van der Waals surface area contributed by atoms with Crippen LogP contribution in [0.1, 0.15) is 17.4 Å². The largest absolute Gasteiger partial charge is 0.399 e. The molecule has 0 unspecified atom stereocenters. The van der Waals surface area contributed by atoms with Gasteiger partial charge in [0.1, 0.15) is 5.00 Å². The average Bonchev–Trinajstić information content (AvgIpc) is 2.93. The van der Waals surface area contributed by atoms with Crippen LogP contribution < -0.4 is 16.1 Å². The molecule has 2 aliphatic rings. The molecule has 128 valence electrons. The predicted octanol–water partition coefficient (Wildman–Crippen LogP) is 3.12. The normalized spacial score (nSPS) is 18.7. The van der Waals surface area contributed by atoms with Gasteiger partial charge in [0, 0.05) is 48.9 Å². The van der Waals surface area contributed by atoms with Crippen LogP contribution in [0.2, 0.25) is 0 Å². The summed E-state index contributed by atoms with van der Waals surface area (Å²) in [5.74, 6) is 0. The lowest BCUT2D eigenvalue weighted by Gasteiger charge is -2.41. The van der Waals surface area contributed by atoms with E-state index in [4.69, 9.17) is 5.73 Å². The number of hydrazine groups is 1. The number of nitrogens with zero attached hydrogens (tertiary/aromatic N) is 3. The number of nitrogen functional groups attached to an aromatic ring is 1. The summed E-state index contributed by atoms with van der Waals surface area (Å²) in [6.07, 6.45) is 1.09. The molecule has 0 amide bonds. The van der Waals surface area contributed by atoms with Gasteiger partial charge in [0.15, 0.2) is 0 Å². The molecule has 1 fully saturated rings. The molecule has 5 nitrogen and oxygen atoms in total. The van der Waals surface area contributed by atoms with Crippen LogP contribution in [0, 0.1) is 0 Å². The second kappa shape index (κ2) is 6.27.